The average molecular weight is 576 g/mol. The van der Waals surface area contributed by atoms with Gasteiger partial charge in [0.1, 0.15) is 23.9 Å². The highest BCUT2D eigenvalue weighted by Gasteiger charge is 2.43. The van der Waals surface area contributed by atoms with Gasteiger partial charge in [0.05, 0.1) is 38.8 Å². The molecule has 3 heterocycles. The highest BCUT2D eigenvalue weighted by atomic mass is 16.6. The Bertz CT molecular complexity index is 1410. The number of rotatable bonds is 8. The lowest BCUT2D eigenvalue weighted by Gasteiger charge is -2.44. The molecule has 2 saturated heterocycles. The van der Waals surface area contributed by atoms with Crippen molar-refractivity contribution in [3.63, 3.8) is 0 Å². The first kappa shape index (κ1) is 29.4. The summed E-state index contributed by atoms with van der Waals surface area (Å²) >= 11 is 0. The summed E-state index contributed by atoms with van der Waals surface area (Å²) in [6.45, 7) is 6.59. The molecular weight excluding hydrogens is 538 g/mol. The summed E-state index contributed by atoms with van der Waals surface area (Å²) < 4.78 is 12.0. The SMILES string of the molecule is COC(=O)[C@@H]1CC[C@H](C)[C@@H](c2ccc(C)cc2)N1C(=O)c1ccc(C=NO[C@H](C)c2cn([C@@H]3COC[C@H]3O)nn2)cc1. The molecule has 6 atom stereocenters. The van der Waals surface area contributed by atoms with Crippen LogP contribution >= 0.6 is 0 Å². The number of esters is 1. The molecule has 1 N–H and O–H groups in total. The van der Waals surface area contributed by atoms with Crippen molar-refractivity contribution >= 4 is 18.1 Å². The van der Waals surface area contributed by atoms with Crippen molar-refractivity contribution < 1.29 is 29.0 Å². The van der Waals surface area contributed by atoms with Crippen LogP contribution in [-0.2, 0) is 19.1 Å². The zero-order chi connectivity index (χ0) is 29.8. The number of nitrogens with zero attached hydrogens (tertiary/aromatic N) is 5. The first-order valence-corrected chi connectivity index (χ1v) is 14.2. The molecule has 0 radical (unpaired) electrons. The van der Waals surface area contributed by atoms with E-state index in [2.05, 4.69) is 22.4 Å². The maximum Gasteiger partial charge on any atom is 0.328 e. The second-order valence-corrected chi connectivity index (χ2v) is 11.1. The van der Waals surface area contributed by atoms with Crippen molar-refractivity contribution in [3.8, 4) is 0 Å². The lowest BCUT2D eigenvalue weighted by Crippen LogP contribution is -2.52. The summed E-state index contributed by atoms with van der Waals surface area (Å²) in [7, 11) is 1.36. The maximum absolute atomic E-state index is 13.9. The minimum atomic E-state index is -0.663. The molecule has 0 bridgehead atoms. The average Bonchev–Trinajstić information content (AvgIpc) is 3.66. The zero-order valence-electron chi connectivity index (χ0n) is 24.3. The van der Waals surface area contributed by atoms with Crippen molar-refractivity contribution in [2.24, 2.45) is 11.1 Å². The molecule has 5 rings (SSSR count). The van der Waals surface area contributed by atoms with Crippen LogP contribution < -0.4 is 0 Å². The van der Waals surface area contributed by atoms with Crippen LogP contribution in [0.25, 0.3) is 0 Å². The number of aliphatic hydroxyl groups is 1. The number of oxime groups is 1. The molecule has 0 saturated carbocycles. The van der Waals surface area contributed by atoms with E-state index in [4.69, 9.17) is 14.3 Å². The quantitative estimate of drug-likeness (QED) is 0.244. The molecule has 0 unspecified atom stereocenters. The Balaban J connectivity index is 1.28. The number of piperidine rings is 1. The molecule has 11 heteroatoms. The topological polar surface area (TPSA) is 128 Å². The van der Waals surface area contributed by atoms with Gasteiger partial charge in [-0.3, -0.25) is 4.79 Å². The van der Waals surface area contributed by atoms with Crippen LogP contribution in [0.4, 0.5) is 0 Å². The lowest BCUT2D eigenvalue weighted by atomic mass is 9.82. The van der Waals surface area contributed by atoms with Crippen LogP contribution in [0.1, 0.15) is 77.6 Å². The van der Waals surface area contributed by atoms with E-state index in [1.807, 2.05) is 31.2 Å². The van der Waals surface area contributed by atoms with Crippen LogP contribution in [0.3, 0.4) is 0 Å². The molecule has 0 spiro atoms. The molecule has 2 aliphatic heterocycles. The number of amides is 1. The van der Waals surface area contributed by atoms with E-state index in [1.165, 1.54) is 7.11 Å². The summed E-state index contributed by atoms with van der Waals surface area (Å²) in [5, 5.41) is 22.3. The highest BCUT2D eigenvalue weighted by Crippen LogP contribution is 2.40. The normalized spacial score (nSPS) is 25.0. The van der Waals surface area contributed by atoms with Gasteiger partial charge in [0.2, 0.25) is 0 Å². The summed E-state index contributed by atoms with van der Waals surface area (Å²) in [5.74, 6) is -0.465. The molecule has 3 aromatic rings. The molecule has 2 fully saturated rings. The van der Waals surface area contributed by atoms with E-state index in [-0.39, 0.29) is 30.5 Å². The largest absolute Gasteiger partial charge is 0.467 e. The molecule has 1 amide bonds. The van der Waals surface area contributed by atoms with Gasteiger partial charge in [-0.05, 0) is 55.9 Å². The Morgan fingerprint density at radius 2 is 1.86 bits per heavy atom. The lowest BCUT2D eigenvalue weighted by molar-refractivity contribution is -0.149. The summed E-state index contributed by atoms with van der Waals surface area (Å²) in [5.41, 5.74) is 3.91. The molecule has 2 aromatic carbocycles. The van der Waals surface area contributed by atoms with Crippen LogP contribution in [0, 0.1) is 12.8 Å². The van der Waals surface area contributed by atoms with Gasteiger partial charge in [-0.1, -0.05) is 59.3 Å². The van der Waals surface area contributed by atoms with Gasteiger partial charge < -0.3 is 24.3 Å². The Hall–Kier alpha value is -4.09. The summed E-state index contributed by atoms with van der Waals surface area (Å²) in [4.78, 5) is 34.0. The molecular formula is C31H37N5O6. The number of aromatic nitrogens is 3. The van der Waals surface area contributed by atoms with E-state index in [1.54, 1.807) is 53.2 Å². The number of hydrogen-bond acceptors (Lipinski definition) is 9. The number of carbonyl (C=O) groups excluding carboxylic acids is 2. The number of methoxy groups -OCH3 is 1. The molecule has 11 nitrogen and oxygen atoms in total. The minimum absolute atomic E-state index is 0.168. The first-order valence-electron chi connectivity index (χ1n) is 14.2. The van der Waals surface area contributed by atoms with Gasteiger partial charge in [-0.2, -0.15) is 0 Å². The van der Waals surface area contributed by atoms with Crippen molar-refractivity contribution in [3.05, 3.63) is 82.7 Å². The third-order valence-electron chi connectivity index (χ3n) is 8.08. The summed E-state index contributed by atoms with van der Waals surface area (Å²) in [6, 6.07) is 14.0. The molecule has 42 heavy (non-hydrogen) atoms. The predicted molar refractivity (Wildman–Crippen MR) is 154 cm³/mol. The smallest absolute Gasteiger partial charge is 0.328 e. The molecule has 222 valence electrons. The highest BCUT2D eigenvalue weighted by molar-refractivity contribution is 5.98. The van der Waals surface area contributed by atoms with Gasteiger partial charge in [-0.25, -0.2) is 9.48 Å². The third kappa shape index (κ3) is 6.22. The second-order valence-electron chi connectivity index (χ2n) is 11.1. The van der Waals surface area contributed by atoms with E-state index in [9.17, 15) is 14.7 Å². The van der Waals surface area contributed by atoms with Crippen molar-refractivity contribution in [2.45, 2.75) is 63.9 Å². The number of ether oxygens (including phenoxy) is 2. The summed E-state index contributed by atoms with van der Waals surface area (Å²) in [6.07, 6.45) is 3.54. The maximum atomic E-state index is 13.9. The van der Waals surface area contributed by atoms with Crippen molar-refractivity contribution in [1.29, 1.82) is 0 Å². The van der Waals surface area contributed by atoms with Crippen molar-refractivity contribution in [1.82, 2.24) is 19.9 Å². The molecule has 1 aromatic heterocycles. The Morgan fingerprint density at radius 1 is 1.12 bits per heavy atom. The Kier molecular flexibility index (Phi) is 8.98. The fourth-order valence-electron chi connectivity index (χ4n) is 5.59. The number of aliphatic hydroxyl groups excluding tert-OH is 1. The van der Waals surface area contributed by atoms with Crippen LogP contribution in [0.15, 0.2) is 59.9 Å². The Labute approximate surface area is 245 Å². The van der Waals surface area contributed by atoms with E-state index < -0.39 is 24.2 Å². The van der Waals surface area contributed by atoms with Crippen molar-refractivity contribution in [2.75, 3.05) is 20.3 Å². The van der Waals surface area contributed by atoms with Crippen LogP contribution in [0.5, 0.6) is 0 Å². The van der Waals surface area contributed by atoms with Gasteiger partial charge in [0, 0.05) is 5.56 Å². The number of likely N-dealkylation sites (tertiary alicyclic amines) is 1. The molecule has 2 aliphatic rings. The zero-order valence-corrected chi connectivity index (χ0v) is 24.3. The number of hydrogen-bond donors (Lipinski definition) is 1. The first-order chi connectivity index (χ1) is 20.3. The standard InChI is InChI=1S/C31H37N5O6/c1-19-5-10-23(11-6-19)29-20(2)7-14-26(31(39)40-4)36(29)30(38)24-12-8-22(9-13-24)15-32-42-21(3)25-16-35(34-33-25)27-17-41-18-28(27)37/h5-6,8-13,15-16,20-21,26-29,37H,7,14,17-18H2,1-4H3/t20-,21+,26-,27+,28+,29-/m0/s1. The third-order valence-corrected chi connectivity index (χ3v) is 8.08. The predicted octanol–water partition coefficient (Wildman–Crippen LogP) is 3.79. The Morgan fingerprint density at radius 3 is 2.52 bits per heavy atom. The van der Waals surface area contributed by atoms with E-state index >= 15 is 0 Å². The fourth-order valence-corrected chi connectivity index (χ4v) is 5.59. The van der Waals surface area contributed by atoms with Gasteiger partial charge in [-0.15, -0.1) is 5.10 Å². The van der Waals surface area contributed by atoms with Crippen LogP contribution in [-0.4, -0.2) is 75.6 Å². The molecule has 0 aliphatic carbocycles. The minimum Gasteiger partial charge on any atom is -0.467 e. The van der Waals surface area contributed by atoms with E-state index in [0.29, 0.717) is 24.3 Å². The number of aryl methyl sites for hydroxylation is 1. The van der Waals surface area contributed by atoms with Gasteiger partial charge >= 0.3 is 5.97 Å². The fraction of sp³-hybridized carbons (Fsp3) is 0.452. The van der Waals surface area contributed by atoms with Crippen LogP contribution in [0.2, 0.25) is 0 Å². The number of benzene rings is 2. The second kappa shape index (κ2) is 12.8. The van der Waals surface area contributed by atoms with Gasteiger partial charge in [0.25, 0.3) is 5.91 Å². The number of carbonyl (C=O) groups is 2. The van der Waals surface area contributed by atoms with E-state index in [0.717, 1.165) is 23.1 Å². The monoisotopic (exact) mass is 575 g/mol. The van der Waals surface area contributed by atoms with Gasteiger partial charge in [0.15, 0.2) is 6.10 Å².